The van der Waals surface area contributed by atoms with Gasteiger partial charge in [0.1, 0.15) is 5.54 Å². The largest absolute Gasteiger partial charge is 0.480 e. The van der Waals surface area contributed by atoms with Crippen molar-refractivity contribution in [1.29, 1.82) is 0 Å². The number of likely N-dealkylation sites (N-methyl/N-ethyl adjacent to an activating group) is 1. The molecule has 2 N–H and O–H groups in total. The highest BCUT2D eigenvalue weighted by molar-refractivity contribution is 5.78. The van der Waals surface area contributed by atoms with Gasteiger partial charge in [-0.2, -0.15) is 0 Å². The molecule has 118 valence electrons. The number of rotatable bonds is 8. The lowest BCUT2D eigenvalue weighted by atomic mass is 9.95. The number of unbranched alkanes of at least 4 members (excludes halogenated alkanes) is 1. The predicted octanol–water partition coefficient (Wildman–Crippen LogP) is 1.25. The van der Waals surface area contributed by atoms with E-state index in [1.54, 1.807) is 14.0 Å². The topological polar surface area (TPSA) is 55.8 Å². The van der Waals surface area contributed by atoms with Crippen LogP contribution in [-0.2, 0) is 4.79 Å². The summed E-state index contributed by atoms with van der Waals surface area (Å²) >= 11 is 0. The van der Waals surface area contributed by atoms with Crippen molar-refractivity contribution in [3.05, 3.63) is 0 Å². The van der Waals surface area contributed by atoms with Crippen LogP contribution in [0.3, 0.4) is 0 Å². The molecule has 1 fully saturated rings. The third-order valence-electron chi connectivity index (χ3n) is 4.56. The quantitative estimate of drug-likeness (QED) is 0.657. The molecule has 1 atom stereocenters. The van der Waals surface area contributed by atoms with Crippen LogP contribution in [0, 0.1) is 0 Å². The number of nitrogens with one attached hydrogen (secondary N) is 1. The summed E-state index contributed by atoms with van der Waals surface area (Å²) in [6.07, 6.45) is 2.71. The van der Waals surface area contributed by atoms with Crippen LogP contribution in [0.25, 0.3) is 0 Å². The zero-order chi connectivity index (χ0) is 15.2. The van der Waals surface area contributed by atoms with Crippen molar-refractivity contribution in [3.63, 3.8) is 0 Å². The summed E-state index contributed by atoms with van der Waals surface area (Å²) in [6, 6.07) is 0.643. The second-order valence-corrected chi connectivity index (χ2v) is 6.32. The molecule has 1 rings (SSSR count). The highest BCUT2D eigenvalue weighted by Crippen LogP contribution is 2.14. The van der Waals surface area contributed by atoms with E-state index in [0.29, 0.717) is 12.5 Å². The maximum Gasteiger partial charge on any atom is 0.323 e. The van der Waals surface area contributed by atoms with Gasteiger partial charge in [-0.05, 0) is 53.6 Å². The zero-order valence-electron chi connectivity index (χ0n) is 13.5. The third-order valence-corrected chi connectivity index (χ3v) is 4.56. The molecule has 0 aromatic rings. The van der Waals surface area contributed by atoms with E-state index >= 15 is 0 Å². The van der Waals surface area contributed by atoms with Gasteiger partial charge in [0.2, 0.25) is 0 Å². The molecule has 1 aliphatic rings. The highest BCUT2D eigenvalue weighted by atomic mass is 16.4. The molecule has 0 aromatic carbocycles. The van der Waals surface area contributed by atoms with Gasteiger partial charge in [0.25, 0.3) is 0 Å². The van der Waals surface area contributed by atoms with E-state index < -0.39 is 11.5 Å². The molecule has 1 saturated heterocycles. The van der Waals surface area contributed by atoms with Gasteiger partial charge in [-0.1, -0.05) is 0 Å². The Morgan fingerprint density at radius 2 is 1.85 bits per heavy atom. The fraction of sp³-hybridized carbons (Fsp3) is 0.933. The molecule has 5 heteroatoms. The van der Waals surface area contributed by atoms with Crippen LogP contribution in [-0.4, -0.2) is 72.2 Å². The van der Waals surface area contributed by atoms with Crippen LogP contribution in [0.5, 0.6) is 0 Å². The first kappa shape index (κ1) is 17.4. The average Bonchev–Trinajstić information content (AvgIpc) is 2.43. The second-order valence-electron chi connectivity index (χ2n) is 6.32. The van der Waals surface area contributed by atoms with E-state index in [2.05, 4.69) is 29.0 Å². The first-order chi connectivity index (χ1) is 9.39. The number of carboxylic acids is 1. The Hall–Kier alpha value is -0.650. The second kappa shape index (κ2) is 7.96. The molecule has 0 amide bonds. The van der Waals surface area contributed by atoms with Gasteiger partial charge in [-0.3, -0.25) is 9.69 Å². The number of piperazine rings is 1. The van der Waals surface area contributed by atoms with Gasteiger partial charge in [-0.25, -0.2) is 0 Å². The number of aliphatic carboxylic acids is 1. The Balaban J connectivity index is 2.18. The number of hydrogen-bond donors (Lipinski definition) is 2. The maximum atomic E-state index is 11.2. The Kier molecular flexibility index (Phi) is 6.92. The van der Waals surface area contributed by atoms with Gasteiger partial charge >= 0.3 is 5.97 Å². The fourth-order valence-corrected chi connectivity index (χ4v) is 2.66. The molecule has 0 aromatic heterocycles. The van der Waals surface area contributed by atoms with Crippen molar-refractivity contribution in [2.24, 2.45) is 0 Å². The van der Waals surface area contributed by atoms with Crippen molar-refractivity contribution < 1.29 is 9.90 Å². The molecule has 0 aliphatic carbocycles. The minimum Gasteiger partial charge on any atom is -0.480 e. The summed E-state index contributed by atoms with van der Waals surface area (Å²) < 4.78 is 0. The van der Waals surface area contributed by atoms with Crippen LogP contribution < -0.4 is 5.32 Å². The standard InChI is InChI=1S/C15H31N3O2/c1-13(2)18-11-9-17(10-12-18)8-6-5-7-15(3,16-4)14(19)20/h13,16H,5-12H2,1-4H3,(H,19,20). The van der Waals surface area contributed by atoms with Crippen LogP contribution >= 0.6 is 0 Å². The minimum absolute atomic E-state index is 0.643. The summed E-state index contributed by atoms with van der Waals surface area (Å²) in [6.45, 7) is 11.9. The molecular weight excluding hydrogens is 254 g/mol. The fourth-order valence-electron chi connectivity index (χ4n) is 2.66. The molecule has 1 aliphatic heterocycles. The first-order valence-electron chi connectivity index (χ1n) is 7.78. The zero-order valence-corrected chi connectivity index (χ0v) is 13.5. The van der Waals surface area contributed by atoms with E-state index in [1.165, 1.54) is 0 Å². The van der Waals surface area contributed by atoms with Gasteiger partial charge in [0.05, 0.1) is 0 Å². The van der Waals surface area contributed by atoms with Gasteiger partial charge in [0.15, 0.2) is 0 Å². The lowest BCUT2D eigenvalue weighted by Gasteiger charge is -2.37. The number of carbonyl (C=O) groups is 1. The summed E-state index contributed by atoms with van der Waals surface area (Å²) in [5.74, 6) is -0.759. The highest BCUT2D eigenvalue weighted by Gasteiger charge is 2.30. The predicted molar refractivity (Wildman–Crippen MR) is 82.1 cm³/mol. The van der Waals surface area contributed by atoms with Gasteiger partial charge in [-0.15, -0.1) is 0 Å². The summed E-state index contributed by atoms with van der Waals surface area (Å²) in [7, 11) is 1.72. The minimum atomic E-state index is -0.781. The van der Waals surface area contributed by atoms with Crippen LogP contribution in [0.2, 0.25) is 0 Å². The van der Waals surface area contributed by atoms with Crippen LogP contribution in [0.15, 0.2) is 0 Å². The van der Waals surface area contributed by atoms with Gasteiger partial charge < -0.3 is 15.3 Å². The Bertz CT molecular complexity index is 301. The third kappa shape index (κ3) is 5.04. The maximum absolute atomic E-state index is 11.2. The molecule has 1 unspecified atom stereocenters. The van der Waals surface area contributed by atoms with Crippen molar-refractivity contribution in [1.82, 2.24) is 15.1 Å². The van der Waals surface area contributed by atoms with E-state index in [9.17, 15) is 9.90 Å². The van der Waals surface area contributed by atoms with Gasteiger partial charge in [0, 0.05) is 32.2 Å². The first-order valence-corrected chi connectivity index (χ1v) is 7.78. The molecule has 0 radical (unpaired) electrons. The number of nitrogens with zero attached hydrogens (tertiary/aromatic N) is 2. The van der Waals surface area contributed by atoms with Crippen molar-refractivity contribution >= 4 is 5.97 Å². The Morgan fingerprint density at radius 3 is 2.30 bits per heavy atom. The average molecular weight is 285 g/mol. The molecular formula is C15H31N3O2. The summed E-state index contributed by atoms with van der Waals surface area (Å²) in [4.78, 5) is 16.2. The van der Waals surface area contributed by atoms with Crippen LogP contribution in [0.1, 0.15) is 40.0 Å². The number of hydrogen-bond acceptors (Lipinski definition) is 4. The lowest BCUT2D eigenvalue weighted by Crippen LogP contribution is -2.49. The lowest BCUT2D eigenvalue weighted by molar-refractivity contribution is -0.144. The molecule has 5 nitrogen and oxygen atoms in total. The summed E-state index contributed by atoms with van der Waals surface area (Å²) in [5.41, 5.74) is -0.781. The van der Waals surface area contributed by atoms with E-state index in [0.717, 1.165) is 45.6 Å². The molecule has 0 spiro atoms. The Morgan fingerprint density at radius 1 is 1.25 bits per heavy atom. The van der Waals surface area contributed by atoms with Crippen LogP contribution in [0.4, 0.5) is 0 Å². The molecule has 0 saturated carbocycles. The Labute approximate surface area is 123 Å². The monoisotopic (exact) mass is 285 g/mol. The summed E-state index contributed by atoms with van der Waals surface area (Å²) in [5, 5.41) is 12.1. The van der Waals surface area contributed by atoms with E-state index in [4.69, 9.17) is 0 Å². The van der Waals surface area contributed by atoms with E-state index in [-0.39, 0.29) is 0 Å². The van der Waals surface area contributed by atoms with Crippen molar-refractivity contribution in [2.45, 2.75) is 51.6 Å². The molecule has 20 heavy (non-hydrogen) atoms. The van der Waals surface area contributed by atoms with Crippen molar-refractivity contribution in [3.8, 4) is 0 Å². The smallest absolute Gasteiger partial charge is 0.323 e. The normalized spacial score (nSPS) is 21.1. The van der Waals surface area contributed by atoms with Crippen molar-refractivity contribution in [2.75, 3.05) is 39.8 Å². The molecule has 0 bridgehead atoms. The molecule has 1 heterocycles. The number of carboxylic acid groups (broad SMARTS) is 1. The SMILES string of the molecule is CNC(C)(CCCCN1CCN(C(C)C)CC1)C(=O)O. The van der Waals surface area contributed by atoms with E-state index in [1.807, 2.05) is 0 Å².